The van der Waals surface area contributed by atoms with Crippen molar-refractivity contribution in [3.63, 3.8) is 0 Å². The normalized spacial score (nSPS) is 11.0. The number of hydrogen-bond acceptors (Lipinski definition) is 5. The molecule has 0 aliphatic heterocycles. The predicted molar refractivity (Wildman–Crippen MR) is 283 cm³/mol. The zero-order chi connectivity index (χ0) is 46.0. The van der Waals surface area contributed by atoms with Crippen molar-refractivity contribution in [2.45, 2.75) is 329 Å². The van der Waals surface area contributed by atoms with Gasteiger partial charge < -0.3 is 14.3 Å². The van der Waals surface area contributed by atoms with Crippen LogP contribution < -0.4 is 0 Å². The Kier molecular flexibility index (Phi) is 68.1. The van der Waals surface area contributed by atoms with Gasteiger partial charge >= 0.3 is 41.5 Å². The number of carbonyl (C=O) groups excluding carboxylic acids is 3. The van der Waals surface area contributed by atoms with E-state index in [-0.39, 0.29) is 29.6 Å². The minimum atomic E-state index is -0.453. The van der Waals surface area contributed by atoms with Crippen molar-refractivity contribution in [1.29, 1.82) is 0 Å². The van der Waals surface area contributed by atoms with E-state index in [1.807, 2.05) is 0 Å². The van der Waals surface area contributed by atoms with Crippen molar-refractivity contribution in [2.24, 2.45) is 0 Å². The Morgan fingerprint density at radius 1 is 0.281 bits per heavy atom. The van der Waals surface area contributed by atoms with E-state index in [1.165, 1.54) is 282 Å². The minimum absolute atomic E-state index is 0. The van der Waals surface area contributed by atoms with Crippen molar-refractivity contribution in [2.75, 3.05) is 13.2 Å². The van der Waals surface area contributed by atoms with Crippen LogP contribution in [0.5, 0.6) is 0 Å². The van der Waals surface area contributed by atoms with Crippen LogP contribution in [0.15, 0.2) is 12.2 Å². The number of rotatable bonds is 52. The van der Waals surface area contributed by atoms with Gasteiger partial charge in [0.05, 0.1) is 13.2 Å². The van der Waals surface area contributed by atoms with E-state index in [0.717, 1.165) is 44.8 Å². The molecule has 0 radical (unpaired) electrons. The average Bonchev–Trinajstić information content (AvgIpc) is 3.29. The van der Waals surface area contributed by atoms with Crippen LogP contribution in [0.3, 0.4) is 0 Å². The number of aldehydes is 1. The molecule has 0 N–H and O–H groups in total. The average molecular weight is 914 g/mol. The molecule has 0 aromatic carbocycles. The van der Waals surface area contributed by atoms with Gasteiger partial charge in [-0.25, -0.2) is 9.59 Å². The molecule has 376 valence electrons. The third-order valence-corrected chi connectivity index (χ3v) is 12.8. The summed E-state index contributed by atoms with van der Waals surface area (Å²) in [6.07, 6.45) is 67.3. The molecule has 6 heteroatoms. The molecule has 0 aliphatic rings. The molecule has 0 spiro atoms. The van der Waals surface area contributed by atoms with E-state index in [4.69, 9.17) is 9.47 Å². The van der Waals surface area contributed by atoms with Gasteiger partial charge in [0.15, 0.2) is 0 Å². The third-order valence-electron chi connectivity index (χ3n) is 12.8. The van der Waals surface area contributed by atoms with Gasteiger partial charge in [-0.2, -0.15) is 0 Å². The Morgan fingerprint density at radius 3 is 0.641 bits per heavy atom. The van der Waals surface area contributed by atoms with Gasteiger partial charge in [0.2, 0.25) is 0 Å². The Bertz CT molecular complexity index is 855. The number of ether oxygens (including phenoxy) is 2. The second kappa shape index (κ2) is 64.4. The quantitative estimate of drug-likeness (QED) is 0.0200. The van der Waals surface area contributed by atoms with Crippen LogP contribution in [0.2, 0.25) is 0 Å². The summed E-state index contributed by atoms with van der Waals surface area (Å²) < 4.78 is 10.4. The zero-order valence-corrected chi connectivity index (χ0v) is 43.1. The molecule has 0 aliphatic carbocycles. The fourth-order valence-corrected chi connectivity index (χ4v) is 8.48. The zero-order valence-electron chi connectivity index (χ0n) is 43.1. The van der Waals surface area contributed by atoms with Crippen LogP contribution in [-0.2, 0) is 23.9 Å². The number of carbonyl (C=O) groups is 3. The first kappa shape index (κ1) is 67.6. The molecular formula is C58H113NaO5. The molecule has 5 nitrogen and oxygen atoms in total. The SMILES string of the molecule is CCCCCCCCCCCCCCCCCC=O.CCCCCCCCCCCCCCCCCCOC(=O)/C=C/C(=O)OCCCCCCCCCCCCCCCCCC.[NaH]. The molecule has 0 aromatic rings. The molecule has 0 amide bonds. The van der Waals surface area contributed by atoms with Crippen molar-refractivity contribution in [3.05, 3.63) is 12.2 Å². The molecule has 0 saturated carbocycles. The van der Waals surface area contributed by atoms with Gasteiger partial charge in [0, 0.05) is 18.6 Å². The van der Waals surface area contributed by atoms with E-state index in [2.05, 4.69) is 20.8 Å². The molecule has 0 aromatic heterocycles. The number of unbranched alkanes of at least 4 members (excludes halogenated alkanes) is 45. The molecule has 0 unspecified atom stereocenters. The summed E-state index contributed by atoms with van der Waals surface area (Å²) in [5, 5.41) is 0. The maximum atomic E-state index is 11.8. The van der Waals surface area contributed by atoms with Crippen LogP contribution in [0.25, 0.3) is 0 Å². The Morgan fingerprint density at radius 2 is 0.453 bits per heavy atom. The van der Waals surface area contributed by atoms with E-state index >= 15 is 0 Å². The van der Waals surface area contributed by atoms with Crippen LogP contribution in [0.1, 0.15) is 329 Å². The van der Waals surface area contributed by atoms with Gasteiger partial charge in [-0.3, -0.25) is 0 Å². The van der Waals surface area contributed by atoms with Gasteiger partial charge in [-0.1, -0.05) is 303 Å². The van der Waals surface area contributed by atoms with Gasteiger partial charge in [-0.05, 0) is 19.3 Å². The summed E-state index contributed by atoms with van der Waals surface area (Å²) in [4.78, 5) is 33.8. The Hall–Kier alpha value is -0.650. The second-order valence-electron chi connectivity index (χ2n) is 19.2. The van der Waals surface area contributed by atoms with E-state index in [1.54, 1.807) is 0 Å². The summed E-state index contributed by atoms with van der Waals surface area (Å²) in [5.41, 5.74) is 0. The topological polar surface area (TPSA) is 69.7 Å². The van der Waals surface area contributed by atoms with Crippen LogP contribution in [0, 0.1) is 0 Å². The number of esters is 2. The van der Waals surface area contributed by atoms with Gasteiger partial charge in [0.25, 0.3) is 0 Å². The van der Waals surface area contributed by atoms with E-state index in [9.17, 15) is 14.4 Å². The summed E-state index contributed by atoms with van der Waals surface area (Å²) in [5.74, 6) is -0.907. The third kappa shape index (κ3) is 65.6. The molecular weight excluding hydrogens is 800 g/mol. The first-order valence-electron chi connectivity index (χ1n) is 28.6. The molecule has 0 heterocycles. The molecule has 0 saturated heterocycles. The molecule has 0 bridgehead atoms. The summed E-state index contributed by atoms with van der Waals surface area (Å²) in [7, 11) is 0. The van der Waals surface area contributed by atoms with E-state index in [0.29, 0.717) is 13.2 Å². The Labute approximate surface area is 423 Å². The molecule has 0 rings (SSSR count). The van der Waals surface area contributed by atoms with Crippen molar-refractivity contribution >= 4 is 47.8 Å². The molecule has 0 fully saturated rings. The molecule has 0 atom stereocenters. The van der Waals surface area contributed by atoms with Gasteiger partial charge in [0.1, 0.15) is 6.29 Å². The summed E-state index contributed by atoms with van der Waals surface area (Å²) in [6.45, 7) is 7.69. The fraction of sp³-hybridized carbons (Fsp3) is 0.914. The van der Waals surface area contributed by atoms with Crippen molar-refractivity contribution in [3.8, 4) is 0 Å². The first-order chi connectivity index (χ1) is 31.1. The van der Waals surface area contributed by atoms with E-state index < -0.39 is 11.9 Å². The standard InChI is InChI=1S/C40H76O4.C18H36O.Na.H/c1-3-5-7-9-11-13-15-17-19-21-23-25-27-29-31-33-37-43-39(41)35-36-40(42)44-38-34-32-30-28-26-24-22-20-18-16-14-12-10-8-6-4-2;1-2-3-4-5-6-7-8-9-10-11-12-13-14-15-16-17-18-19;;/h35-36H,3-34,37-38H2,1-2H3;18H,2-17H2,1H3;;/b36-35+;;;. The number of hydrogen-bond donors (Lipinski definition) is 0. The predicted octanol–water partition coefficient (Wildman–Crippen LogP) is 19.0. The fourth-order valence-electron chi connectivity index (χ4n) is 8.48. The van der Waals surface area contributed by atoms with Crippen LogP contribution in [0.4, 0.5) is 0 Å². The van der Waals surface area contributed by atoms with Crippen molar-refractivity contribution < 1.29 is 23.9 Å². The second-order valence-corrected chi connectivity index (χ2v) is 19.2. The Balaban J connectivity index is -0.00000156. The van der Waals surface area contributed by atoms with Crippen molar-refractivity contribution in [1.82, 2.24) is 0 Å². The summed E-state index contributed by atoms with van der Waals surface area (Å²) >= 11 is 0. The monoisotopic (exact) mass is 913 g/mol. The first-order valence-corrected chi connectivity index (χ1v) is 28.6. The summed E-state index contributed by atoms with van der Waals surface area (Å²) in [6, 6.07) is 0. The van der Waals surface area contributed by atoms with Crippen LogP contribution in [-0.4, -0.2) is 61.0 Å². The van der Waals surface area contributed by atoms with Crippen LogP contribution >= 0.6 is 0 Å². The molecule has 64 heavy (non-hydrogen) atoms. The van der Waals surface area contributed by atoms with Gasteiger partial charge in [-0.15, -0.1) is 0 Å². The maximum absolute atomic E-state index is 11.8.